The number of nitrogens with one attached hydrogen (secondary N) is 2. The van der Waals surface area contributed by atoms with Gasteiger partial charge in [-0.3, -0.25) is 10.1 Å². The number of oxazole rings is 1. The fourth-order valence-electron chi connectivity index (χ4n) is 2.79. The lowest BCUT2D eigenvalue weighted by Gasteiger charge is -2.10. The normalized spacial score (nSPS) is 10.7. The van der Waals surface area contributed by atoms with E-state index in [9.17, 15) is 9.18 Å². The second-order valence-corrected chi connectivity index (χ2v) is 6.74. The Morgan fingerprint density at radius 2 is 1.83 bits per heavy atom. The average molecular weight is 405 g/mol. The molecule has 2 N–H and O–H groups in total. The van der Waals surface area contributed by atoms with Crippen molar-refractivity contribution in [3.63, 3.8) is 0 Å². The van der Waals surface area contributed by atoms with Gasteiger partial charge in [0.15, 0.2) is 10.7 Å². The van der Waals surface area contributed by atoms with E-state index >= 15 is 0 Å². The standard InChI is InChI=1S/C22H16FN3O2S/c23-17-5-3-4-16(12-17)20(27)26-22(29)24-13-14-8-10-15(11-9-14)21-25-18-6-1-2-7-19(18)28-21/h1-12H,13H2,(H2,24,26,27,29). The van der Waals surface area contributed by atoms with E-state index in [0.29, 0.717) is 12.4 Å². The first kappa shape index (κ1) is 18.8. The largest absolute Gasteiger partial charge is 0.436 e. The van der Waals surface area contributed by atoms with Crippen LogP contribution in [-0.2, 0) is 6.54 Å². The number of halogens is 1. The van der Waals surface area contributed by atoms with Crippen LogP contribution >= 0.6 is 12.2 Å². The lowest BCUT2D eigenvalue weighted by molar-refractivity contribution is 0.0976. The Hall–Kier alpha value is -3.58. The maximum Gasteiger partial charge on any atom is 0.257 e. The fraction of sp³-hybridized carbons (Fsp3) is 0.0455. The summed E-state index contributed by atoms with van der Waals surface area (Å²) in [6, 6.07) is 20.7. The molecule has 144 valence electrons. The van der Waals surface area contributed by atoms with Crippen LogP contribution in [0.2, 0.25) is 0 Å². The predicted molar refractivity (Wildman–Crippen MR) is 113 cm³/mol. The van der Waals surface area contributed by atoms with Crippen LogP contribution in [0.15, 0.2) is 77.2 Å². The lowest BCUT2D eigenvalue weighted by atomic mass is 10.1. The zero-order valence-electron chi connectivity index (χ0n) is 15.2. The zero-order valence-corrected chi connectivity index (χ0v) is 16.0. The van der Waals surface area contributed by atoms with E-state index in [1.54, 1.807) is 0 Å². The minimum absolute atomic E-state index is 0.169. The molecule has 3 aromatic carbocycles. The average Bonchev–Trinajstić information content (AvgIpc) is 3.17. The van der Waals surface area contributed by atoms with Crippen LogP contribution < -0.4 is 10.6 Å². The van der Waals surface area contributed by atoms with Crippen molar-refractivity contribution >= 4 is 34.3 Å². The number of nitrogens with zero attached hydrogens (tertiary/aromatic N) is 1. The molecule has 0 fully saturated rings. The molecule has 29 heavy (non-hydrogen) atoms. The van der Waals surface area contributed by atoms with Crippen LogP contribution in [0.1, 0.15) is 15.9 Å². The van der Waals surface area contributed by atoms with Gasteiger partial charge in [0.1, 0.15) is 11.3 Å². The number of amides is 1. The summed E-state index contributed by atoms with van der Waals surface area (Å²) in [6.07, 6.45) is 0. The van der Waals surface area contributed by atoms with Crippen LogP contribution in [0, 0.1) is 5.82 Å². The number of carbonyl (C=O) groups excluding carboxylic acids is 1. The van der Waals surface area contributed by atoms with Gasteiger partial charge in [-0.2, -0.15) is 0 Å². The van der Waals surface area contributed by atoms with Crippen molar-refractivity contribution in [3.05, 3.63) is 89.7 Å². The number of para-hydroxylation sites is 2. The molecule has 4 aromatic rings. The topological polar surface area (TPSA) is 67.2 Å². The third kappa shape index (κ3) is 4.47. The first-order valence-corrected chi connectivity index (χ1v) is 9.29. The van der Waals surface area contributed by atoms with E-state index in [-0.39, 0.29) is 10.7 Å². The number of hydrogen-bond acceptors (Lipinski definition) is 4. The molecule has 5 nitrogen and oxygen atoms in total. The van der Waals surface area contributed by atoms with E-state index in [4.69, 9.17) is 16.6 Å². The van der Waals surface area contributed by atoms with Gasteiger partial charge in [0.2, 0.25) is 5.89 Å². The number of aromatic nitrogens is 1. The van der Waals surface area contributed by atoms with Gasteiger partial charge in [0, 0.05) is 17.7 Å². The highest BCUT2D eigenvalue weighted by molar-refractivity contribution is 7.80. The highest BCUT2D eigenvalue weighted by atomic mass is 32.1. The van der Waals surface area contributed by atoms with Gasteiger partial charge in [-0.25, -0.2) is 9.37 Å². The lowest BCUT2D eigenvalue weighted by Crippen LogP contribution is -2.38. The van der Waals surface area contributed by atoms with Crippen LogP contribution in [0.25, 0.3) is 22.6 Å². The van der Waals surface area contributed by atoms with Crippen molar-refractivity contribution < 1.29 is 13.6 Å². The first-order valence-electron chi connectivity index (χ1n) is 8.88. The molecule has 7 heteroatoms. The number of hydrogen-bond donors (Lipinski definition) is 2. The van der Waals surface area contributed by atoms with E-state index < -0.39 is 11.7 Å². The summed E-state index contributed by atoms with van der Waals surface area (Å²) in [7, 11) is 0. The first-order chi connectivity index (χ1) is 14.1. The molecule has 0 aliphatic rings. The van der Waals surface area contributed by atoms with Gasteiger partial charge in [0.05, 0.1) is 0 Å². The van der Waals surface area contributed by atoms with E-state index in [1.807, 2.05) is 48.5 Å². The summed E-state index contributed by atoms with van der Waals surface area (Å²) < 4.78 is 19.0. The number of fused-ring (bicyclic) bond motifs is 1. The van der Waals surface area contributed by atoms with Gasteiger partial charge in [-0.05, 0) is 60.2 Å². The van der Waals surface area contributed by atoms with Gasteiger partial charge < -0.3 is 9.73 Å². The van der Waals surface area contributed by atoms with Gasteiger partial charge in [0.25, 0.3) is 5.91 Å². The van der Waals surface area contributed by atoms with Crippen molar-refractivity contribution in [3.8, 4) is 11.5 Å². The molecule has 0 bridgehead atoms. The summed E-state index contributed by atoms with van der Waals surface area (Å²) in [5.41, 5.74) is 3.59. The highest BCUT2D eigenvalue weighted by Gasteiger charge is 2.10. The molecule has 0 aliphatic carbocycles. The molecule has 0 aliphatic heterocycles. The molecule has 0 unspecified atom stereocenters. The van der Waals surface area contributed by atoms with E-state index in [1.165, 1.54) is 18.2 Å². The molecule has 4 rings (SSSR count). The Kier molecular flexibility index (Phi) is 5.31. The fourth-order valence-corrected chi connectivity index (χ4v) is 2.96. The SMILES string of the molecule is O=C(NC(=S)NCc1ccc(-c2nc3ccccc3o2)cc1)c1cccc(F)c1. The molecule has 1 aromatic heterocycles. The van der Waals surface area contributed by atoms with Crippen molar-refractivity contribution in [2.75, 3.05) is 0 Å². The van der Waals surface area contributed by atoms with Gasteiger partial charge >= 0.3 is 0 Å². The Bertz CT molecular complexity index is 1160. The Morgan fingerprint density at radius 1 is 1.03 bits per heavy atom. The third-order valence-corrected chi connectivity index (χ3v) is 4.51. The number of carbonyl (C=O) groups is 1. The summed E-state index contributed by atoms with van der Waals surface area (Å²) in [6.45, 7) is 0.427. The minimum atomic E-state index is -0.476. The molecule has 1 amide bonds. The smallest absolute Gasteiger partial charge is 0.257 e. The molecule has 0 saturated carbocycles. The van der Waals surface area contributed by atoms with Gasteiger partial charge in [-0.15, -0.1) is 0 Å². The number of rotatable bonds is 4. The molecule has 0 spiro atoms. The van der Waals surface area contributed by atoms with E-state index in [2.05, 4.69) is 15.6 Å². The summed E-state index contributed by atoms with van der Waals surface area (Å²) >= 11 is 5.14. The van der Waals surface area contributed by atoms with Crippen LogP contribution in [0.5, 0.6) is 0 Å². The second-order valence-electron chi connectivity index (χ2n) is 6.33. The van der Waals surface area contributed by atoms with E-state index in [0.717, 1.165) is 28.3 Å². The maximum atomic E-state index is 13.2. The molecular formula is C22H16FN3O2S. The second kappa shape index (κ2) is 8.20. The number of benzene rings is 3. The molecule has 0 atom stereocenters. The summed E-state index contributed by atoms with van der Waals surface area (Å²) in [5.74, 6) is -0.382. The van der Waals surface area contributed by atoms with Crippen LogP contribution in [0.4, 0.5) is 4.39 Å². The monoisotopic (exact) mass is 405 g/mol. The highest BCUT2D eigenvalue weighted by Crippen LogP contribution is 2.24. The van der Waals surface area contributed by atoms with Gasteiger partial charge in [-0.1, -0.05) is 30.3 Å². The van der Waals surface area contributed by atoms with Crippen molar-refractivity contribution in [1.82, 2.24) is 15.6 Å². The summed E-state index contributed by atoms with van der Waals surface area (Å²) in [5, 5.41) is 5.67. The number of thiocarbonyl (C=S) groups is 1. The van der Waals surface area contributed by atoms with Crippen molar-refractivity contribution in [1.29, 1.82) is 0 Å². The third-order valence-electron chi connectivity index (χ3n) is 4.26. The van der Waals surface area contributed by atoms with Crippen molar-refractivity contribution in [2.24, 2.45) is 0 Å². The maximum absolute atomic E-state index is 13.2. The zero-order chi connectivity index (χ0) is 20.2. The van der Waals surface area contributed by atoms with Crippen LogP contribution in [0.3, 0.4) is 0 Å². The van der Waals surface area contributed by atoms with Crippen molar-refractivity contribution in [2.45, 2.75) is 6.54 Å². The quantitative estimate of drug-likeness (QED) is 0.492. The minimum Gasteiger partial charge on any atom is -0.436 e. The predicted octanol–water partition coefficient (Wildman–Crippen LogP) is 4.44. The summed E-state index contributed by atoms with van der Waals surface area (Å²) in [4.78, 5) is 16.5. The Balaban J connectivity index is 1.35. The Labute approximate surface area is 171 Å². The molecule has 0 radical (unpaired) electrons. The molecular weight excluding hydrogens is 389 g/mol. The molecule has 1 heterocycles. The van der Waals surface area contributed by atoms with Crippen LogP contribution in [-0.4, -0.2) is 16.0 Å². The molecule has 0 saturated heterocycles. The Morgan fingerprint density at radius 3 is 2.59 bits per heavy atom.